The highest BCUT2D eigenvalue weighted by atomic mass is 19.1. The van der Waals surface area contributed by atoms with E-state index in [4.69, 9.17) is 4.74 Å². The number of piperidine rings is 1. The van der Waals surface area contributed by atoms with E-state index in [0.717, 1.165) is 51.6 Å². The van der Waals surface area contributed by atoms with E-state index >= 15 is 0 Å². The van der Waals surface area contributed by atoms with Gasteiger partial charge in [0, 0.05) is 52.4 Å². The molecule has 0 aromatic heterocycles. The highest BCUT2D eigenvalue weighted by molar-refractivity contribution is 5.27. The summed E-state index contributed by atoms with van der Waals surface area (Å²) in [4.78, 5) is 6.89. The minimum absolute atomic E-state index is 0.315. The molecule has 1 N–H and O–H groups in total. The molecule has 2 heterocycles. The number of halogens is 1. The average Bonchev–Trinajstić information content (AvgIpc) is 2.65. The number of likely N-dealkylation sites (tertiary alicyclic amines) is 1. The molecule has 1 atom stereocenters. The molecule has 0 bridgehead atoms. The van der Waals surface area contributed by atoms with Gasteiger partial charge in [-0.15, -0.1) is 0 Å². The lowest BCUT2D eigenvalue weighted by atomic mass is 10.1. The Morgan fingerprint density at radius 3 is 2.35 bits per heavy atom. The van der Waals surface area contributed by atoms with Gasteiger partial charge in [-0.1, -0.05) is 12.1 Å². The molecule has 2 fully saturated rings. The van der Waals surface area contributed by atoms with Crippen molar-refractivity contribution in [3.8, 4) is 5.75 Å². The molecule has 1 aromatic rings. The Bertz CT molecular complexity index is 526. The number of aliphatic hydroxyl groups is 1. The first-order valence-electron chi connectivity index (χ1n) is 9.75. The highest BCUT2D eigenvalue weighted by Crippen LogP contribution is 2.18. The normalized spacial score (nSPS) is 22.4. The van der Waals surface area contributed by atoms with Gasteiger partial charge >= 0.3 is 0 Å². The Kier molecular flexibility index (Phi) is 7.25. The summed E-state index contributed by atoms with van der Waals surface area (Å²) < 4.78 is 18.9. The summed E-state index contributed by atoms with van der Waals surface area (Å²) in [6.45, 7) is 7.61. The zero-order valence-electron chi connectivity index (χ0n) is 15.8. The van der Waals surface area contributed by atoms with Crippen molar-refractivity contribution in [2.75, 3.05) is 59.5 Å². The lowest BCUT2D eigenvalue weighted by Crippen LogP contribution is -2.47. The molecule has 2 aliphatic rings. The third-order valence-corrected chi connectivity index (χ3v) is 5.35. The summed E-state index contributed by atoms with van der Waals surface area (Å²) in [7, 11) is 2.13. The van der Waals surface area contributed by atoms with Crippen molar-refractivity contribution >= 4 is 0 Å². The fourth-order valence-corrected chi connectivity index (χ4v) is 3.58. The lowest BCUT2D eigenvalue weighted by Gasteiger charge is -2.33. The van der Waals surface area contributed by atoms with Gasteiger partial charge in [-0.25, -0.2) is 4.39 Å². The van der Waals surface area contributed by atoms with Crippen LogP contribution >= 0.6 is 0 Å². The second-order valence-corrected chi connectivity index (χ2v) is 7.66. The van der Waals surface area contributed by atoms with E-state index in [2.05, 4.69) is 33.9 Å². The molecule has 2 saturated heterocycles. The molecule has 0 amide bonds. The van der Waals surface area contributed by atoms with Crippen molar-refractivity contribution in [1.29, 1.82) is 0 Å². The molecular formula is C20H32FN3O2. The molecule has 0 unspecified atom stereocenters. The molecule has 1 aromatic carbocycles. The van der Waals surface area contributed by atoms with E-state index in [1.54, 1.807) is 0 Å². The number of ether oxygens (including phenoxy) is 1. The summed E-state index contributed by atoms with van der Waals surface area (Å²) in [5, 5.41) is 10.2. The van der Waals surface area contributed by atoms with Crippen molar-refractivity contribution in [3.63, 3.8) is 0 Å². The van der Waals surface area contributed by atoms with E-state index in [-0.39, 0.29) is 0 Å². The Labute approximate surface area is 156 Å². The van der Waals surface area contributed by atoms with Crippen LogP contribution in [0.3, 0.4) is 0 Å². The zero-order chi connectivity index (χ0) is 18.4. The maximum absolute atomic E-state index is 13.2. The standard InChI is InChI=1S/C20H32FN3O2/c1-22-10-12-24(13-11-22)15-19(25)16-26-20-4-2-17(3-5-20)14-23-8-6-18(21)7-9-23/h2-5,18-19,25H,6-16H2,1H3/t19-/m1/s1. The second kappa shape index (κ2) is 9.65. The van der Waals surface area contributed by atoms with Crippen LogP contribution in [0.25, 0.3) is 0 Å². The van der Waals surface area contributed by atoms with E-state index < -0.39 is 12.3 Å². The largest absolute Gasteiger partial charge is 0.491 e. The third kappa shape index (κ3) is 6.20. The lowest BCUT2D eigenvalue weighted by molar-refractivity contribution is 0.0504. The van der Waals surface area contributed by atoms with Gasteiger partial charge in [0.25, 0.3) is 0 Å². The van der Waals surface area contributed by atoms with Gasteiger partial charge < -0.3 is 14.7 Å². The number of β-amino-alcohol motifs (C(OH)–C–C–N with tert-alkyl or cyclic N) is 1. The van der Waals surface area contributed by atoms with Crippen LogP contribution in [0.15, 0.2) is 24.3 Å². The van der Waals surface area contributed by atoms with Gasteiger partial charge in [0.1, 0.15) is 24.6 Å². The van der Waals surface area contributed by atoms with Crippen molar-refractivity contribution in [2.45, 2.75) is 31.7 Å². The summed E-state index contributed by atoms with van der Waals surface area (Å²) in [6, 6.07) is 8.03. The molecule has 0 spiro atoms. The maximum atomic E-state index is 13.2. The van der Waals surface area contributed by atoms with Crippen LogP contribution in [0.4, 0.5) is 4.39 Å². The number of nitrogens with zero attached hydrogens (tertiary/aromatic N) is 3. The number of aliphatic hydroxyl groups excluding tert-OH is 1. The first-order chi connectivity index (χ1) is 12.6. The molecule has 146 valence electrons. The number of piperazine rings is 1. The molecule has 2 aliphatic heterocycles. The van der Waals surface area contributed by atoms with E-state index in [1.807, 2.05) is 12.1 Å². The number of rotatable bonds is 7. The summed E-state index contributed by atoms with van der Waals surface area (Å²) in [6.07, 6.45) is 0.193. The van der Waals surface area contributed by atoms with Crippen LogP contribution in [0.2, 0.25) is 0 Å². The first kappa shape index (κ1) is 19.5. The highest BCUT2D eigenvalue weighted by Gasteiger charge is 2.19. The van der Waals surface area contributed by atoms with Gasteiger partial charge in [-0.05, 0) is 37.6 Å². The Balaban J connectivity index is 1.37. The minimum atomic E-state index is -0.626. The Morgan fingerprint density at radius 2 is 1.69 bits per heavy atom. The van der Waals surface area contributed by atoms with Gasteiger partial charge in [0.05, 0.1) is 0 Å². The summed E-state index contributed by atoms with van der Waals surface area (Å²) in [5.41, 5.74) is 1.22. The molecular weight excluding hydrogens is 333 g/mol. The SMILES string of the molecule is CN1CCN(C[C@@H](O)COc2ccc(CN3CCC(F)CC3)cc2)CC1. The summed E-state index contributed by atoms with van der Waals surface area (Å²) >= 11 is 0. The second-order valence-electron chi connectivity index (χ2n) is 7.66. The maximum Gasteiger partial charge on any atom is 0.119 e. The van der Waals surface area contributed by atoms with Gasteiger partial charge in [0.15, 0.2) is 0 Å². The fraction of sp³-hybridized carbons (Fsp3) is 0.700. The molecule has 6 heteroatoms. The fourth-order valence-electron chi connectivity index (χ4n) is 3.58. The summed E-state index contributed by atoms with van der Waals surface area (Å²) in [5.74, 6) is 0.786. The van der Waals surface area contributed by atoms with Gasteiger partial charge in [0.2, 0.25) is 0 Å². The van der Waals surface area contributed by atoms with Crippen LogP contribution in [0.1, 0.15) is 18.4 Å². The van der Waals surface area contributed by atoms with Crippen LogP contribution in [0, 0.1) is 0 Å². The number of likely N-dealkylation sites (N-methyl/N-ethyl adjacent to an activating group) is 1. The first-order valence-corrected chi connectivity index (χ1v) is 9.75. The Morgan fingerprint density at radius 1 is 1.04 bits per heavy atom. The monoisotopic (exact) mass is 365 g/mol. The number of hydrogen-bond acceptors (Lipinski definition) is 5. The van der Waals surface area contributed by atoms with Gasteiger partial charge in [-0.3, -0.25) is 9.80 Å². The number of hydrogen-bond donors (Lipinski definition) is 1. The van der Waals surface area contributed by atoms with Crippen molar-refractivity contribution in [1.82, 2.24) is 14.7 Å². The minimum Gasteiger partial charge on any atom is -0.491 e. The van der Waals surface area contributed by atoms with Crippen molar-refractivity contribution in [3.05, 3.63) is 29.8 Å². The van der Waals surface area contributed by atoms with E-state index in [9.17, 15) is 9.50 Å². The molecule has 0 aliphatic carbocycles. The quantitative estimate of drug-likeness (QED) is 0.795. The number of alkyl halides is 1. The van der Waals surface area contributed by atoms with Crippen LogP contribution in [-0.2, 0) is 6.54 Å². The van der Waals surface area contributed by atoms with Gasteiger partial charge in [-0.2, -0.15) is 0 Å². The molecule has 3 rings (SSSR count). The number of benzene rings is 1. The predicted octanol–water partition coefficient (Wildman–Crippen LogP) is 1.61. The molecule has 5 nitrogen and oxygen atoms in total. The molecule has 0 radical (unpaired) electrons. The molecule has 0 saturated carbocycles. The van der Waals surface area contributed by atoms with Crippen molar-refractivity contribution in [2.24, 2.45) is 0 Å². The van der Waals surface area contributed by atoms with Crippen LogP contribution < -0.4 is 4.74 Å². The predicted molar refractivity (Wildman–Crippen MR) is 101 cm³/mol. The Hall–Kier alpha value is -1.21. The van der Waals surface area contributed by atoms with Crippen molar-refractivity contribution < 1.29 is 14.2 Å². The average molecular weight is 365 g/mol. The third-order valence-electron chi connectivity index (χ3n) is 5.35. The smallest absolute Gasteiger partial charge is 0.119 e. The van der Waals surface area contributed by atoms with Crippen LogP contribution in [0.5, 0.6) is 5.75 Å². The van der Waals surface area contributed by atoms with E-state index in [1.165, 1.54) is 5.56 Å². The molecule has 26 heavy (non-hydrogen) atoms. The van der Waals surface area contributed by atoms with E-state index in [0.29, 0.717) is 26.0 Å². The zero-order valence-corrected chi connectivity index (χ0v) is 15.8. The van der Waals surface area contributed by atoms with Crippen LogP contribution in [-0.4, -0.2) is 91.5 Å². The topological polar surface area (TPSA) is 39.2 Å².